The van der Waals surface area contributed by atoms with Gasteiger partial charge in [0, 0.05) is 26.1 Å². The largest absolute Gasteiger partial charge is 0.448 e. The van der Waals surface area contributed by atoms with Crippen LogP contribution in [-0.2, 0) is 56.8 Å². The summed E-state index contributed by atoms with van der Waals surface area (Å²) in [7, 11) is 1.71. The molecule has 54 heavy (non-hydrogen) atoms. The average Bonchev–Trinajstić information content (AvgIpc) is 3.52. The predicted octanol–water partition coefficient (Wildman–Crippen LogP) is 4.07. The van der Waals surface area contributed by atoms with Gasteiger partial charge in [0.05, 0.1) is 139 Å². The number of carbonyl (C=O) groups is 1. The van der Waals surface area contributed by atoms with Crippen LogP contribution in [-0.4, -0.2) is 177 Å². The van der Waals surface area contributed by atoms with E-state index in [9.17, 15) is 4.79 Å². The molecule has 0 saturated carbocycles. The lowest BCUT2D eigenvalue weighted by Crippen LogP contribution is -2.32. The molecule has 0 aromatic heterocycles. The number of amides is 1. The van der Waals surface area contributed by atoms with Crippen LogP contribution in [0.3, 0.4) is 0 Å². The minimum Gasteiger partial charge on any atom is -0.448 e. The monoisotopic (exact) mass is 765 g/mol. The molecule has 14 nitrogen and oxygen atoms in total. The maximum Gasteiger partial charge on any atom is 0.409 e. The van der Waals surface area contributed by atoms with Gasteiger partial charge in [-0.2, -0.15) is 0 Å². The highest BCUT2D eigenvalue weighted by Crippen LogP contribution is 2.44. The van der Waals surface area contributed by atoms with E-state index in [1.807, 2.05) is 31.2 Å². The van der Waals surface area contributed by atoms with Crippen LogP contribution in [0.15, 0.2) is 48.5 Å². The highest BCUT2D eigenvalue weighted by Gasteiger charge is 2.29. The van der Waals surface area contributed by atoms with Gasteiger partial charge in [-0.3, -0.25) is 0 Å². The van der Waals surface area contributed by atoms with Gasteiger partial charge in [-0.05, 0) is 29.2 Å². The fourth-order valence-electron chi connectivity index (χ4n) is 5.34. The summed E-state index contributed by atoms with van der Waals surface area (Å²) in [4.78, 5) is 14.1. The molecule has 0 N–H and O–H groups in total. The maximum absolute atomic E-state index is 12.6. The van der Waals surface area contributed by atoms with Crippen molar-refractivity contribution in [1.29, 1.82) is 0 Å². The first-order valence-electron chi connectivity index (χ1n) is 19.1. The normalized spacial score (nSPS) is 12.3. The molecule has 3 rings (SSSR count). The fourth-order valence-corrected chi connectivity index (χ4v) is 5.34. The van der Waals surface area contributed by atoms with Crippen LogP contribution in [0, 0.1) is 0 Å². The molecule has 0 fully saturated rings. The van der Waals surface area contributed by atoms with Gasteiger partial charge in [0.15, 0.2) is 0 Å². The Bertz CT molecular complexity index is 1160. The number of ether oxygens (including phenoxy) is 12. The van der Waals surface area contributed by atoms with Crippen LogP contribution in [0.5, 0.6) is 0 Å². The fraction of sp³-hybridized carbons (Fsp3) is 0.675. The molecule has 14 heteroatoms. The smallest absolute Gasteiger partial charge is 0.409 e. The van der Waals surface area contributed by atoms with Crippen molar-refractivity contribution in [3.63, 3.8) is 0 Å². The summed E-state index contributed by atoms with van der Waals surface area (Å²) in [6.45, 7) is 13.9. The third-order valence-corrected chi connectivity index (χ3v) is 8.14. The average molecular weight is 766 g/mol. The van der Waals surface area contributed by atoms with E-state index in [0.29, 0.717) is 159 Å². The Kier molecular flexibility index (Phi) is 26.6. The SMILES string of the molecule is CCOCCOCCOCCOCCOCCOCCOCCOCCOCCOCCOCCN(C)C(=O)OCC1c2ccccc2-c2ccccc21. The Hall–Kier alpha value is -2.73. The molecule has 0 spiro atoms. The van der Waals surface area contributed by atoms with Crippen LogP contribution in [0.2, 0.25) is 0 Å². The molecular weight excluding hydrogens is 702 g/mol. The van der Waals surface area contributed by atoms with E-state index >= 15 is 0 Å². The summed E-state index contributed by atoms with van der Waals surface area (Å²) < 4.78 is 65.8. The van der Waals surface area contributed by atoms with E-state index < -0.39 is 0 Å². The lowest BCUT2D eigenvalue weighted by atomic mass is 9.98. The number of nitrogens with zero attached hydrogens (tertiary/aromatic N) is 1. The van der Waals surface area contributed by atoms with Gasteiger partial charge in [0.1, 0.15) is 6.61 Å². The van der Waals surface area contributed by atoms with Crippen LogP contribution < -0.4 is 0 Å². The zero-order chi connectivity index (χ0) is 38.2. The van der Waals surface area contributed by atoms with Crippen molar-refractivity contribution in [3.05, 3.63) is 59.7 Å². The summed E-state index contributed by atoms with van der Waals surface area (Å²) in [6, 6.07) is 16.6. The minimum absolute atomic E-state index is 0.0389. The summed E-state index contributed by atoms with van der Waals surface area (Å²) in [6.07, 6.45) is -0.364. The lowest BCUT2D eigenvalue weighted by molar-refractivity contribution is -0.0275. The Balaban J connectivity index is 0.974. The molecule has 1 amide bonds. The van der Waals surface area contributed by atoms with Crippen LogP contribution >= 0.6 is 0 Å². The van der Waals surface area contributed by atoms with Gasteiger partial charge in [0.25, 0.3) is 0 Å². The number of fused-ring (bicyclic) bond motifs is 3. The lowest BCUT2D eigenvalue weighted by Gasteiger charge is -2.19. The van der Waals surface area contributed by atoms with E-state index in [4.69, 9.17) is 56.8 Å². The van der Waals surface area contributed by atoms with Crippen LogP contribution in [0.1, 0.15) is 24.0 Å². The molecule has 0 bridgehead atoms. The van der Waals surface area contributed by atoms with Crippen LogP contribution in [0.25, 0.3) is 11.1 Å². The molecule has 0 aliphatic heterocycles. The van der Waals surface area contributed by atoms with E-state index in [-0.39, 0.29) is 12.0 Å². The number of benzene rings is 2. The quantitative estimate of drug-likeness (QED) is 0.0926. The van der Waals surface area contributed by atoms with Gasteiger partial charge in [-0.15, -0.1) is 0 Å². The van der Waals surface area contributed by atoms with Gasteiger partial charge in [-0.25, -0.2) is 4.79 Å². The van der Waals surface area contributed by atoms with Crippen molar-refractivity contribution in [3.8, 4) is 11.1 Å². The Morgan fingerprint density at radius 1 is 0.463 bits per heavy atom. The molecule has 0 radical (unpaired) electrons. The molecular formula is C40H63NO13. The summed E-state index contributed by atoms with van der Waals surface area (Å²) >= 11 is 0. The molecule has 2 aromatic carbocycles. The molecule has 0 atom stereocenters. The third-order valence-electron chi connectivity index (χ3n) is 8.14. The van der Waals surface area contributed by atoms with E-state index in [1.165, 1.54) is 27.2 Å². The standard InChI is InChI=1S/C40H63NO13/c1-3-43-14-15-45-18-19-47-22-23-49-26-27-51-30-31-53-33-32-52-29-28-50-25-24-48-21-20-46-17-16-44-13-12-41(2)40(42)54-34-39-37-10-6-4-8-35(37)36-9-5-7-11-38(36)39/h4-11,39H,3,12-34H2,1-2H3. The Morgan fingerprint density at radius 2 is 0.759 bits per heavy atom. The highest BCUT2D eigenvalue weighted by molar-refractivity contribution is 5.79. The predicted molar refractivity (Wildman–Crippen MR) is 202 cm³/mol. The maximum atomic E-state index is 12.6. The first-order valence-corrected chi connectivity index (χ1v) is 19.1. The second-order valence-corrected chi connectivity index (χ2v) is 12.0. The van der Waals surface area contributed by atoms with Crippen molar-refractivity contribution >= 4 is 6.09 Å². The number of carbonyl (C=O) groups excluding carboxylic acids is 1. The molecule has 1 aliphatic rings. The second kappa shape index (κ2) is 31.5. The molecule has 1 aliphatic carbocycles. The number of likely N-dealkylation sites (N-methyl/N-ethyl adjacent to an activating group) is 1. The van der Waals surface area contributed by atoms with Crippen molar-refractivity contribution < 1.29 is 61.6 Å². The summed E-state index contributed by atoms with van der Waals surface area (Å²) in [5.41, 5.74) is 4.80. The van der Waals surface area contributed by atoms with Gasteiger partial charge < -0.3 is 61.7 Å². The van der Waals surface area contributed by atoms with Crippen molar-refractivity contribution in [2.45, 2.75) is 12.8 Å². The van der Waals surface area contributed by atoms with Gasteiger partial charge >= 0.3 is 6.09 Å². The van der Waals surface area contributed by atoms with Gasteiger partial charge in [-0.1, -0.05) is 48.5 Å². The molecule has 0 saturated heterocycles. The highest BCUT2D eigenvalue weighted by atomic mass is 16.6. The molecule has 0 unspecified atom stereocenters. The van der Waals surface area contributed by atoms with E-state index in [0.717, 1.165) is 0 Å². The first kappa shape index (κ1) is 45.7. The van der Waals surface area contributed by atoms with Gasteiger partial charge in [0.2, 0.25) is 0 Å². The first-order chi connectivity index (χ1) is 26.7. The molecule has 0 heterocycles. The Morgan fingerprint density at radius 3 is 1.09 bits per heavy atom. The molecule has 2 aromatic rings. The second-order valence-electron chi connectivity index (χ2n) is 12.0. The van der Waals surface area contributed by atoms with Crippen LogP contribution in [0.4, 0.5) is 4.79 Å². The topological polar surface area (TPSA) is 131 Å². The number of hydrogen-bond donors (Lipinski definition) is 0. The van der Waals surface area contributed by atoms with Crippen molar-refractivity contribution in [2.24, 2.45) is 0 Å². The number of hydrogen-bond acceptors (Lipinski definition) is 13. The molecule has 306 valence electrons. The Labute approximate surface area is 321 Å². The van der Waals surface area contributed by atoms with Crippen molar-refractivity contribution in [2.75, 3.05) is 166 Å². The van der Waals surface area contributed by atoms with Crippen molar-refractivity contribution in [1.82, 2.24) is 4.90 Å². The summed E-state index contributed by atoms with van der Waals surface area (Å²) in [5.74, 6) is 0.0389. The minimum atomic E-state index is -0.364. The zero-order valence-electron chi connectivity index (χ0n) is 32.4. The zero-order valence-corrected chi connectivity index (χ0v) is 32.4. The summed E-state index contributed by atoms with van der Waals surface area (Å²) in [5, 5.41) is 0. The van der Waals surface area contributed by atoms with E-state index in [2.05, 4.69) is 24.3 Å². The van der Waals surface area contributed by atoms with E-state index in [1.54, 1.807) is 7.05 Å². The third kappa shape index (κ3) is 20.3. The number of rotatable bonds is 36.